The first-order valence-corrected chi connectivity index (χ1v) is 9.39. The largest absolute Gasteiger partial charge is 0.508 e. The minimum absolute atomic E-state index is 0.0458. The number of carbonyl (C=O) groups excluding carboxylic acids is 1. The Labute approximate surface area is 153 Å². The summed E-state index contributed by atoms with van der Waals surface area (Å²) >= 11 is 1.71. The van der Waals surface area contributed by atoms with Gasteiger partial charge in [-0.2, -0.15) is 0 Å². The van der Waals surface area contributed by atoms with E-state index in [1.807, 2.05) is 43.3 Å². The van der Waals surface area contributed by atoms with Crippen LogP contribution in [0.2, 0.25) is 0 Å². The SMILES string of the molecule is CCOc1ccccc1CNC(=O)CCC(C)Sc1ccc(O)cc1. The molecule has 2 aromatic carbocycles. The number of carbonyl (C=O) groups is 1. The number of nitrogens with one attached hydrogen (secondary N) is 1. The molecule has 2 aromatic rings. The highest BCUT2D eigenvalue weighted by molar-refractivity contribution is 7.99. The molecule has 2 rings (SSSR count). The van der Waals surface area contributed by atoms with Crippen LogP contribution in [0.4, 0.5) is 0 Å². The average Bonchev–Trinajstić information content (AvgIpc) is 2.61. The third-order valence-electron chi connectivity index (χ3n) is 3.70. The molecule has 0 aliphatic rings. The zero-order chi connectivity index (χ0) is 18.1. The number of amides is 1. The molecular formula is C20H25NO3S. The lowest BCUT2D eigenvalue weighted by Gasteiger charge is -2.13. The van der Waals surface area contributed by atoms with E-state index in [0.717, 1.165) is 22.6 Å². The molecule has 134 valence electrons. The summed E-state index contributed by atoms with van der Waals surface area (Å²) in [6, 6.07) is 14.9. The molecule has 4 nitrogen and oxygen atoms in total. The molecule has 0 aliphatic heterocycles. The summed E-state index contributed by atoms with van der Waals surface area (Å²) in [6.07, 6.45) is 1.29. The van der Waals surface area contributed by atoms with E-state index >= 15 is 0 Å². The summed E-state index contributed by atoms with van der Waals surface area (Å²) in [5, 5.41) is 12.6. The number of aromatic hydroxyl groups is 1. The Hall–Kier alpha value is -2.14. The Bertz CT molecular complexity index is 673. The standard InChI is InChI=1S/C20H25NO3S/c1-3-24-19-7-5-4-6-16(19)14-21-20(23)13-8-15(2)25-18-11-9-17(22)10-12-18/h4-7,9-12,15,22H,3,8,13-14H2,1-2H3,(H,21,23). The van der Waals surface area contributed by atoms with E-state index < -0.39 is 0 Å². The van der Waals surface area contributed by atoms with E-state index in [-0.39, 0.29) is 11.7 Å². The lowest BCUT2D eigenvalue weighted by atomic mass is 10.2. The van der Waals surface area contributed by atoms with Gasteiger partial charge >= 0.3 is 0 Å². The van der Waals surface area contributed by atoms with Gasteiger partial charge in [-0.15, -0.1) is 11.8 Å². The number of phenolic OH excluding ortho intramolecular Hbond substituents is 1. The fourth-order valence-electron chi connectivity index (χ4n) is 2.38. The lowest BCUT2D eigenvalue weighted by molar-refractivity contribution is -0.121. The summed E-state index contributed by atoms with van der Waals surface area (Å²) in [6.45, 7) is 5.14. The van der Waals surface area contributed by atoms with Crippen molar-refractivity contribution in [3.63, 3.8) is 0 Å². The maximum atomic E-state index is 12.1. The van der Waals surface area contributed by atoms with Gasteiger partial charge < -0.3 is 15.2 Å². The minimum atomic E-state index is 0.0458. The van der Waals surface area contributed by atoms with Crippen LogP contribution in [0.3, 0.4) is 0 Å². The van der Waals surface area contributed by atoms with Crippen LogP contribution < -0.4 is 10.1 Å². The molecule has 1 atom stereocenters. The zero-order valence-corrected chi connectivity index (χ0v) is 15.5. The van der Waals surface area contributed by atoms with Crippen molar-refractivity contribution in [1.82, 2.24) is 5.32 Å². The van der Waals surface area contributed by atoms with Crippen LogP contribution in [0.25, 0.3) is 0 Å². The first-order valence-electron chi connectivity index (χ1n) is 8.51. The highest BCUT2D eigenvalue weighted by atomic mass is 32.2. The van der Waals surface area contributed by atoms with Crippen molar-refractivity contribution in [2.24, 2.45) is 0 Å². The second kappa shape index (κ2) is 9.99. The number of thioether (sulfide) groups is 1. The molecular weight excluding hydrogens is 334 g/mol. The predicted molar refractivity (Wildman–Crippen MR) is 102 cm³/mol. The van der Waals surface area contributed by atoms with Gasteiger partial charge in [-0.25, -0.2) is 0 Å². The summed E-state index contributed by atoms with van der Waals surface area (Å²) in [7, 11) is 0. The van der Waals surface area contributed by atoms with Crippen LogP contribution in [0.5, 0.6) is 11.5 Å². The van der Waals surface area contributed by atoms with Crippen molar-refractivity contribution in [1.29, 1.82) is 0 Å². The van der Waals surface area contributed by atoms with Crippen LogP contribution in [-0.2, 0) is 11.3 Å². The van der Waals surface area contributed by atoms with Crippen LogP contribution >= 0.6 is 11.8 Å². The summed E-state index contributed by atoms with van der Waals surface area (Å²) in [4.78, 5) is 13.2. The highest BCUT2D eigenvalue weighted by Crippen LogP contribution is 2.27. The van der Waals surface area contributed by atoms with E-state index in [1.54, 1.807) is 23.9 Å². The van der Waals surface area contributed by atoms with E-state index in [2.05, 4.69) is 12.2 Å². The molecule has 0 heterocycles. The van der Waals surface area contributed by atoms with E-state index in [4.69, 9.17) is 4.74 Å². The molecule has 0 spiro atoms. The van der Waals surface area contributed by atoms with Crippen LogP contribution in [0.15, 0.2) is 53.4 Å². The minimum Gasteiger partial charge on any atom is -0.508 e. The average molecular weight is 359 g/mol. The van der Waals surface area contributed by atoms with Gasteiger partial charge in [0, 0.05) is 28.7 Å². The van der Waals surface area contributed by atoms with Crippen LogP contribution in [0, 0.1) is 0 Å². The molecule has 0 aromatic heterocycles. The number of para-hydroxylation sites is 1. The molecule has 0 aliphatic carbocycles. The molecule has 0 bridgehead atoms. The number of hydrogen-bond donors (Lipinski definition) is 2. The van der Waals surface area contributed by atoms with Crippen LogP contribution in [0.1, 0.15) is 32.3 Å². The Morgan fingerprint density at radius 2 is 1.92 bits per heavy atom. The number of hydrogen-bond acceptors (Lipinski definition) is 4. The Morgan fingerprint density at radius 1 is 1.20 bits per heavy atom. The predicted octanol–water partition coefficient (Wildman–Crippen LogP) is 4.37. The van der Waals surface area contributed by atoms with Gasteiger partial charge in [0.15, 0.2) is 0 Å². The molecule has 2 N–H and O–H groups in total. The van der Waals surface area contributed by atoms with Gasteiger partial charge in [-0.1, -0.05) is 25.1 Å². The monoisotopic (exact) mass is 359 g/mol. The third-order valence-corrected chi connectivity index (χ3v) is 4.88. The first kappa shape index (κ1) is 19.2. The topological polar surface area (TPSA) is 58.6 Å². The number of rotatable bonds is 9. The van der Waals surface area contributed by atoms with E-state index in [9.17, 15) is 9.90 Å². The van der Waals surface area contributed by atoms with Crippen LogP contribution in [-0.4, -0.2) is 22.9 Å². The molecule has 0 saturated carbocycles. The van der Waals surface area contributed by atoms with Gasteiger partial charge in [-0.05, 0) is 43.7 Å². The van der Waals surface area contributed by atoms with Crippen molar-refractivity contribution < 1.29 is 14.6 Å². The van der Waals surface area contributed by atoms with Gasteiger partial charge in [-0.3, -0.25) is 4.79 Å². The lowest BCUT2D eigenvalue weighted by Crippen LogP contribution is -2.23. The highest BCUT2D eigenvalue weighted by Gasteiger charge is 2.09. The molecule has 1 amide bonds. The first-order chi connectivity index (χ1) is 12.1. The van der Waals surface area contributed by atoms with E-state index in [0.29, 0.717) is 24.8 Å². The molecule has 25 heavy (non-hydrogen) atoms. The van der Waals surface area contributed by atoms with Gasteiger partial charge in [0.1, 0.15) is 11.5 Å². The zero-order valence-electron chi connectivity index (χ0n) is 14.7. The summed E-state index contributed by atoms with van der Waals surface area (Å²) in [5.74, 6) is 1.13. The van der Waals surface area contributed by atoms with Crippen molar-refractivity contribution in [2.75, 3.05) is 6.61 Å². The fourth-order valence-corrected chi connectivity index (χ4v) is 3.37. The fraction of sp³-hybridized carbons (Fsp3) is 0.350. The van der Waals surface area contributed by atoms with Crippen molar-refractivity contribution in [3.8, 4) is 11.5 Å². The molecule has 5 heteroatoms. The van der Waals surface area contributed by atoms with Gasteiger partial charge in [0.05, 0.1) is 6.61 Å². The van der Waals surface area contributed by atoms with Gasteiger partial charge in [0.2, 0.25) is 5.91 Å². The maximum absolute atomic E-state index is 12.1. The third kappa shape index (κ3) is 6.70. The second-order valence-corrected chi connectivity index (χ2v) is 7.29. The normalized spacial score (nSPS) is 11.8. The van der Waals surface area contributed by atoms with Crippen molar-refractivity contribution in [2.45, 2.75) is 43.4 Å². The number of ether oxygens (including phenoxy) is 1. The smallest absolute Gasteiger partial charge is 0.220 e. The maximum Gasteiger partial charge on any atom is 0.220 e. The molecule has 1 unspecified atom stereocenters. The van der Waals surface area contributed by atoms with Gasteiger partial charge in [0.25, 0.3) is 0 Å². The Kier molecular flexibility index (Phi) is 7.67. The quantitative estimate of drug-likeness (QED) is 0.653. The van der Waals surface area contributed by atoms with Crippen molar-refractivity contribution in [3.05, 3.63) is 54.1 Å². The summed E-state index contributed by atoms with van der Waals surface area (Å²) in [5.41, 5.74) is 0.990. The molecule has 0 fully saturated rings. The number of phenols is 1. The molecule has 0 radical (unpaired) electrons. The molecule has 0 saturated heterocycles. The van der Waals surface area contributed by atoms with Crippen molar-refractivity contribution >= 4 is 17.7 Å². The summed E-state index contributed by atoms with van der Waals surface area (Å²) < 4.78 is 5.57. The number of benzene rings is 2. The Morgan fingerprint density at radius 3 is 2.64 bits per heavy atom. The van der Waals surface area contributed by atoms with E-state index in [1.165, 1.54) is 0 Å². The second-order valence-electron chi connectivity index (χ2n) is 5.78. The Balaban J connectivity index is 1.74.